The monoisotopic (exact) mass is 316 g/mol. The van der Waals surface area contributed by atoms with Gasteiger partial charge in [-0.1, -0.05) is 24.3 Å². The second kappa shape index (κ2) is 7.54. The summed E-state index contributed by atoms with van der Waals surface area (Å²) in [5, 5.41) is 0. The van der Waals surface area contributed by atoms with Gasteiger partial charge in [-0.2, -0.15) is 0 Å². The van der Waals surface area contributed by atoms with E-state index in [9.17, 15) is 14.0 Å². The molecule has 5 heteroatoms. The van der Waals surface area contributed by atoms with Gasteiger partial charge >= 0.3 is 5.97 Å². The van der Waals surface area contributed by atoms with Crippen molar-refractivity contribution in [2.75, 3.05) is 14.2 Å². The highest BCUT2D eigenvalue weighted by Crippen LogP contribution is 2.25. The van der Waals surface area contributed by atoms with Crippen LogP contribution in [0.2, 0.25) is 0 Å². The van der Waals surface area contributed by atoms with Crippen LogP contribution in [0.25, 0.3) is 0 Å². The van der Waals surface area contributed by atoms with E-state index in [1.807, 2.05) is 0 Å². The summed E-state index contributed by atoms with van der Waals surface area (Å²) in [4.78, 5) is 24.4. The van der Waals surface area contributed by atoms with Crippen LogP contribution in [0, 0.1) is 5.82 Å². The molecule has 2 rings (SSSR count). The van der Waals surface area contributed by atoms with Gasteiger partial charge in [0.25, 0.3) is 0 Å². The van der Waals surface area contributed by atoms with Gasteiger partial charge in [0.1, 0.15) is 11.6 Å². The minimum atomic E-state index is -0.778. The Hall–Kier alpha value is -2.69. The topological polar surface area (TPSA) is 52.6 Å². The SMILES string of the molecule is COC(=O)[C@@H](CC(=O)c1cccc(OC)c1)c1ccc(F)cc1. The molecule has 0 unspecified atom stereocenters. The van der Waals surface area contributed by atoms with Crippen LogP contribution >= 0.6 is 0 Å². The molecule has 23 heavy (non-hydrogen) atoms. The molecule has 120 valence electrons. The second-order valence-electron chi connectivity index (χ2n) is 4.99. The fourth-order valence-electron chi connectivity index (χ4n) is 2.27. The zero-order valence-electron chi connectivity index (χ0n) is 12.9. The fraction of sp³-hybridized carbons (Fsp3) is 0.222. The van der Waals surface area contributed by atoms with Crippen molar-refractivity contribution in [1.29, 1.82) is 0 Å². The number of hydrogen-bond donors (Lipinski definition) is 0. The van der Waals surface area contributed by atoms with Gasteiger partial charge in [-0.25, -0.2) is 4.39 Å². The van der Waals surface area contributed by atoms with Gasteiger partial charge in [-0.3, -0.25) is 9.59 Å². The van der Waals surface area contributed by atoms with Crippen LogP contribution in [0.3, 0.4) is 0 Å². The highest BCUT2D eigenvalue weighted by molar-refractivity contribution is 5.99. The largest absolute Gasteiger partial charge is 0.497 e. The highest BCUT2D eigenvalue weighted by Gasteiger charge is 2.25. The van der Waals surface area contributed by atoms with Gasteiger partial charge in [-0.15, -0.1) is 0 Å². The molecule has 4 nitrogen and oxygen atoms in total. The van der Waals surface area contributed by atoms with Gasteiger partial charge < -0.3 is 9.47 Å². The summed E-state index contributed by atoms with van der Waals surface area (Å²) in [5.41, 5.74) is 0.981. The molecule has 0 bridgehead atoms. The van der Waals surface area contributed by atoms with Crippen LogP contribution < -0.4 is 4.74 Å². The molecule has 0 aromatic heterocycles. The maximum Gasteiger partial charge on any atom is 0.313 e. The average molecular weight is 316 g/mol. The van der Waals surface area contributed by atoms with Crippen molar-refractivity contribution in [1.82, 2.24) is 0 Å². The van der Waals surface area contributed by atoms with Crippen LogP contribution in [0.1, 0.15) is 28.3 Å². The zero-order valence-corrected chi connectivity index (χ0v) is 12.9. The van der Waals surface area contributed by atoms with E-state index in [0.29, 0.717) is 16.9 Å². The summed E-state index contributed by atoms with van der Waals surface area (Å²) >= 11 is 0. The van der Waals surface area contributed by atoms with E-state index in [0.717, 1.165) is 0 Å². The molecular formula is C18H17FO4. The number of hydrogen-bond acceptors (Lipinski definition) is 4. The molecule has 0 aliphatic rings. The Morgan fingerprint density at radius 2 is 1.78 bits per heavy atom. The van der Waals surface area contributed by atoms with Crippen LogP contribution in [-0.4, -0.2) is 26.0 Å². The molecule has 0 fully saturated rings. The molecule has 0 aliphatic carbocycles. The number of ketones is 1. The Morgan fingerprint density at radius 1 is 1.09 bits per heavy atom. The molecular weight excluding hydrogens is 299 g/mol. The van der Waals surface area contributed by atoms with E-state index in [4.69, 9.17) is 9.47 Å². The summed E-state index contributed by atoms with van der Waals surface area (Å²) in [6, 6.07) is 12.2. The lowest BCUT2D eigenvalue weighted by atomic mass is 9.91. The Kier molecular flexibility index (Phi) is 5.46. The number of Topliss-reactive ketones (excluding diaryl/α,β-unsaturated/α-hetero) is 1. The first-order valence-electron chi connectivity index (χ1n) is 7.05. The zero-order chi connectivity index (χ0) is 16.8. The number of carbonyl (C=O) groups is 2. The number of rotatable bonds is 6. The molecule has 0 radical (unpaired) electrons. The first-order chi connectivity index (χ1) is 11.0. The maximum absolute atomic E-state index is 13.0. The predicted molar refractivity (Wildman–Crippen MR) is 83.1 cm³/mol. The Bertz CT molecular complexity index is 694. The summed E-state index contributed by atoms with van der Waals surface area (Å²) in [5.74, 6) is -1.38. The van der Waals surface area contributed by atoms with Crippen molar-refractivity contribution in [3.05, 3.63) is 65.5 Å². The first-order valence-corrected chi connectivity index (χ1v) is 7.05. The van der Waals surface area contributed by atoms with E-state index >= 15 is 0 Å². The maximum atomic E-state index is 13.0. The minimum absolute atomic E-state index is 0.0640. The van der Waals surface area contributed by atoms with Crippen molar-refractivity contribution in [3.63, 3.8) is 0 Å². The quantitative estimate of drug-likeness (QED) is 0.606. The normalized spacial score (nSPS) is 11.6. The number of ether oxygens (including phenoxy) is 2. The van der Waals surface area contributed by atoms with Crippen LogP contribution in [0.4, 0.5) is 4.39 Å². The fourth-order valence-corrected chi connectivity index (χ4v) is 2.27. The molecule has 0 saturated carbocycles. The van der Waals surface area contributed by atoms with Crippen molar-refractivity contribution < 1.29 is 23.5 Å². The molecule has 0 saturated heterocycles. The third-order valence-electron chi connectivity index (χ3n) is 3.54. The number of esters is 1. The van der Waals surface area contributed by atoms with Crippen molar-refractivity contribution in [3.8, 4) is 5.75 Å². The lowest BCUT2D eigenvalue weighted by Gasteiger charge is -2.14. The minimum Gasteiger partial charge on any atom is -0.497 e. The summed E-state index contributed by atoms with van der Waals surface area (Å²) < 4.78 is 22.9. The summed E-state index contributed by atoms with van der Waals surface area (Å²) in [7, 11) is 2.77. The molecule has 2 aromatic rings. The van der Waals surface area contributed by atoms with Gasteiger partial charge in [0.05, 0.1) is 20.1 Å². The Morgan fingerprint density at radius 3 is 2.39 bits per heavy atom. The van der Waals surface area contributed by atoms with Crippen LogP contribution in [-0.2, 0) is 9.53 Å². The molecule has 0 heterocycles. The first kappa shape index (κ1) is 16.7. The highest BCUT2D eigenvalue weighted by atomic mass is 19.1. The van der Waals surface area contributed by atoms with Gasteiger partial charge in [0.2, 0.25) is 0 Å². The van der Waals surface area contributed by atoms with E-state index in [-0.39, 0.29) is 12.2 Å². The number of benzene rings is 2. The lowest BCUT2D eigenvalue weighted by molar-refractivity contribution is -0.142. The summed E-state index contributed by atoms with van der Waals surface area (Å²) in [6.45, 7) is 0. The van der Waals surface area contributed by atoms with Crippen molar-refractivity contribution in [2.45, 2.75) is 12.3 Å². The number of methoxy groups -OCH3 is 2. The summed E-state index contributed by atoms with van der Waals surface area (Å²) in [6.07, 6.45) is -0.0640. The third kappa shape index (κ3) is 4.16. The van der Waals surface area contributed by atoms with E-state index in [1.54, 1.807) is 24.3 Å². The standard InChI is InChI=1S/C18H17FO4/c1-22-15-5-3-4-13(10-15)17(20)11-16(18(21)23-2)12-6-8-14(19)9-7-12/h3-10,16H,11H2,1-2H3/t16-/m0/s1. The molecule has 1 atom stereocenters. The molecule has 0 aliphatic heterocycles. The molecule has 2 aromatic carbocycles. The van der Waals surface area contributed by atoms with Crippen LogP contribution in [0.15, 0.2) is 48.5 Å². The smallest absolute Gasteiger partial charge is 0.313 e. The van der Waals surface area contributed by atoms with E-state index in [1.165, 1.54) is 38.5 Å². The van der Waals surface area contributed by atoms with Gasteiger partial charge in [0.15, 0.2) is 5.78 Å². The van der Waals surface area contributed by atoms with Gasteiger partial charge in [0, 0.05) is 12.0 Å². The second-order valence-corrected chi connectivity index (χ2v) is 4.99. The molecule has 0 amide bonds. The van der Waals surface area contributed by atoms with Crippen LogP contribution in [0.5, 0.6) is 5.75 Å². The van der Waals surface area contributed by atoms with Crippen molar-refractivity contribution >= 4 is 11.8 Å². The Balaban J connectivity index is 2.25. The molecule has 0 spiro atoms. The molecule has 0 N–H and O–H groups in total. The predicted octanol–water partition coefficient (Wildman–Crippen LogP) is 3.36. The lowest BCUT2D eigenvalue weighted by Crippen LogP contribution is -2.18. The third-order valence-corrected chi connectivity index (χ3v) is 3.54. The van der Waals surface area contributed by atoms with E-state index in [2.05, 4.69) is 0 Å². The van der Waals surface area contributed by atoms with Gasteiger partial charge in [-0.05, 0) is 29.8 Å². The van der Waals surface area contributed by atoms with Crippen molar-refractivity contribution in [2.24, 2.45) is 0 Å². The Labute approximate surface area is 133 Å². The van der Waals surface area contributed by atoms with E-state index < -0.39 is 17.7 Å². The number of carbonyl (C=O) groups excluding carboxylic acids is 2. The average Bonchev–Trinajstić information content (AvgIpc) is 2.59. The number of halogens is 1.